The van der Waals surface area contributed by atoms with Crippen molar-refractivity contribution in [2.24, 2.45) is 0 Å². The molecule has 2 rings (SSSR count). The Labute approximate surface area is 138 Å². The maximum absolute atomic E-state index is 12.7. The van der Waals surface area contributed by atoms with Crippen LogP contribution in [0.2, 0.25) is 0 Å². The van der Waals surface area contributed by atoms with Crippen LogP contribution in [0.1, 0.15) is 30.5 Å². The van der Waals surface area contributed by atoms with Crippen LogP contribution >= 0.6 is 0 Å². The lowest BCUT2D eigenvalue weighted by molar-refractivity contribution is 0.242. The molecule has 0 spiro atoms. The van der Waals surface area contributed by atoms with Crippen LogP contribution in [0.15, 0.2) is 41.3 Å². The number of sulfonamides is 1. The fraction of sp³-hybridized carbons (Fsp3) is 0.333. The molecular weight excluding hydrogens is 310 g/mol. The van der Waals surface area contributed by atoms with Crippen LogP contribution < -0.4 is 9.46 Å². The summed E-state index contributed by atoms with van der Waals surface area (Å²) in [5.74, 6) is 0.714. The van der Waals surface area contributed by atoms with Crippen molar-refractivity contribution in [3.8, 4) is 5.75 Å². The molecule has 2 aromatic rings. The molecule has 2 aromatic carbocycles. The van der Waals surface area contributed by atoms with Crippen LogP contribution in [0.4, 0.5) is 5.69 Å². The SMILES string of the molecule is Cc1cc(C)c(S(=O)(=O)Nc2ccc(OC(C)C)cc2)c(C)c1. The van der Waals surface area contributed by atoms with Gasteiger partial charge in [-0.15, -0.1) is 0 Å². The standard InChI is InChI=1S/C18H23NO3S/c1-12(2)22-17-8-6-16(7-9-17)19-23(20,21)18-14(4)10-13(3)11-15(18)5/h6-12,19H,1-5H3. The average molecular weight is 333 g/mol. The van der Waals surface area contributed by atoms with E-state index < -0.39 is 10.0 Å². The van der Waals surface area contributed by atoms with Gasteiger partial charge in [0.2, 0.25) is 0 Å². The Kier molecular flexibility index (Phi) is 5.00. The van der Waals surface area contributed by atoms with Crippen molar-refractivity contribution in [1.82, 2.24) is 0 Å². The van der Waals surface area contributed by atoms with Gasteiger partial charge < -0.3 is 4.74 Å². The molecule has 0 aliphatic carbocycles. The van der Waals surface area contributed by atoms with Crippen LogP contribution in [0.25, 0.3) is 0 Å². The summed E-state index contributed by atoms with van der Waals surface area (Å²) in [5, 5.41) is 0. The van der Waals surface area contributed by atoms with Gasteiger partial charge in [0.05, 0.1) is 11.0 Å². The Morgan fingerprint density at radius 1 is 0.957 bits per heavy atom. The molecule has 0 aliphatic heterocycles. The highest BCUT2D eigenvalue weighted by Crippen LogP contribution is 2.25. The summed E-state index contributed by atoms with van der Waals surface area (Å²) >= 11 is 0. The summed E-state index contributed by atoms with van der Waals surface area (Å²) in [6.45, 7) is 9.47. The number of hydrogen-bond acceptors (Lipinski definition) is 3. The zero-order chi connectivity index (χ0) is 17.2. The third-order valence-electron chi connectivity index (χ3n) is 3.35. The Morgan fingerprint density at radius 2 is 1.48 bits per heavy atom. The summed E-state index contributed by atoms with van der Waals surface area (Å²) in [6.07, 6.45) is 0.0791. The minimum absolute atomic E-state index is 0.0791. The lowest BCUT2D eigenvalue weighted by atomic mass is 10.1. The van der Waals surface area contributed by atoms with Crippen LogP contribution in [0.5, 0.6) is 5.75 Å². The molecule has 0 fully saturated rings. The topological polar surface area (TPSA) is 55.4 Å². The number of rotatable bonds is 5. The highest BCUT2D eigenvalue weighted by atomic mass is 32.2. The van der Waals surface area contributed by atoms with Gasteiger partial charge in [0.25, 0.3) is 10.0 Å². The van der Waals surface area contributed by atoms with Crippen molar-refractivity contribution < 1.29 is 13.2 Å². The van der Waals surface area contributed by atoms with E-state index in [0.29, 0.717) is 16.3 Å². The predicted octanol–water partition coefficient (Wildman–Crippen LogP) is 4.20. The van der Waals surface area contributed by atoms with Gasteiger partial charge in [0, 0.05) is 5.69 Å². The number of aryl methyl sites for hydroxylation is 3. The molecule has 0 saturated heterocycles. The van der Waals surface area contributed by atoms with Crippen molar-refractivity contribution in [3.05, 3.63) is 53.1 Å². The van der Waals surface area contributed by atoms with Crippen LogP contribution in [-0.4, -0.2) is 14.5 Å². The predicted molar refractivity (Wildman–Crippen MR) is 93.7 cm³/mol. The largest absolute Gasteiger partial charge is 0.491 e. The molecule has 0 saturated carbocycles. The lowest BCUT2D eigenvalue weighted by Crippen LogP contribution is -2.16. The van der Waals surface area contributed by atoms with Gasteiger partial charge in [-0.05, 0) is 70.0 Å². The van der Waals surface area contributed by atoms with Crippen molar-refractivity contribution in [2.75, 3.05) is 4.72 Å². The molecule has 4 nitrogen and oxygen atoms in total. The van der Waals surface area contributed by atoms with Crippen LogP contribution in [0.3, 0.4) is 0 Å². The van der Waals surface area contributed by atoms with E-state index in [-0.39, 0.29) is 6.10 Å². The van der Waals surface area contributed by atoms with E-state index in [9.17, 15) is 8.42 Å². The third-order valence-corrected chi connectivity index (χ3v) is 5.04. The summed E-state index contributed by atoms with van der Waals surface area (Å²) in [7, 11) is -3.62. The minimum atomic E-state index is -3.62. The Bertz CT molecular complexity index is 771. The first-order chi connectivity index (χ1) is 10.7. The number of nitrogens with one attached hydrogen (secondary N) is 1. The van der Waals surface area contributed by atoms with E-state index >= 15 is 0 Å². The quantitative estimate of drug-likeness (QED) is 0.892. The Balaban J connectivity index is 2.28. The fourth-order valence-corrected chi connectivity index (χ4v) is 4.18. The summed E-state index contributed by atoms with van der Waals surface area (Å²) in [4.78, 5) is 0.339. The smallest absolute Gasteiger partial charge is 0.262 e. The van der Waals surface area contributed by atoms with Gasteiger partial charge in [-0.2, -0.15) is 0 Å². The monoisotopic (exact) mass is 333 g/mol. The van der Waals surface area contributed by atoms with E-state index in [1.54, 1.807) is 24.3 Å². The van der Waals surface area contributed by atoms with E-state index in [2.05, 4.69) is 4.72 Å². The Morgan fingerprint density at radius 3 is 1.96 bits per heavy atom. The summed E-state index contributed by atoms with van der Waals surface area (Å²) in [6, 6.07) is 10.7. The second-order valence-corrected chi connectivity index (χ2v) is 7.64. The maximum atomic E-state index is 12.7. The first-order valence-electron chi connectivity index (χ1n) is 7.56. The zero-order valence-corrected chi connectivity index (χ0v) is 15.0. The first kappa shape index (κ1) is 17.3. The molecule has 0 aromatic heterocycles. The van der Waals surface area contributed by atoms with Crippen LogP contribution in [-0.2, 0) is 10.0 Å². The summed E-state index contributed by atoms with van der Waals surface area (Å²) < 4.78 is 33.5. The molecule has 0 aliphatic rings. The molecule has 0 heterocycles. The average Bonchev–Trinajstić information content (AvgIpc) is 2.38. The van der Waals surface area contributed by atoms with E-state index in [0.717, 1.165) is 16.7 Å². The zero-order valence-electron chi connectivity index (χ0n) is 14.2. The number of anilines is 1. The van der Waals surface area contributed by atoms with Gasteiger partial charge in [-0.25, -0.2) is 8.42 Å². The minimum Gasteiger partial charge on any atom is -0.491 e. The molecule has 0 bridgehead atoms. The van der Waals surface area contributed by atoms with Crippen LogP contribution in [0, 0.1) is 20.8 Å². The van der Waals surface area contributed by atoms with Gasteiger partial charge in [0.1, 0.15) is 5.75 Å². The van der Waals surface area contributed by atoms with Crippen molar-refractivity contribution >= 4 is 15.7 Å². The highest BCUT2D eigenvalue weighted by Gasteiger charge is 2.20. The van der Waals surface area contributed by atoms with E-state index in [1.165, 1.54) is 0 Å². The molecule has 1 N–H and O–H groups in total. The van der Waals surface area contributed by atoms with Crippen molar-refractivity contribution in [1.29, 1.82) is 0 Å². The first-order valence-corrected chi connectivity index (χ1v) is 9.05. The highest BCUT2D eigenvalue weighted by molar-refractivity contribution is 7.92. The molecule has 0 amide bonds. The molecule has 0 atom stereocenters. The number of benzene rings is 2. The normalized spacial score (nSPS) is 11.6. The van der Waals surface area contributed by atoms with Gasteiger partial charge >= 0.3 is 0 Å². The lowest BCUT2D eigenvalue weighted by Gasteiger charge is -2.14. The molecule has 124 valence electrons. The number of ether oxygens (including phenoxy) is 1. The van der Waals surface area contributed by atoms with E-state index in [4.69, 9.17) is 4.74 Å². The Hall–Kier alpha value is -2.01. The van der Waals surface area contributed by atoms with Gasteiger partial charge in [-0.3, -0.25) is 4.72 Å². The second-order valence-electron chi connectivity index (χ2n) is 6.02. The molecular formula is C18H23NO3S. The second kappa shape index (κ2) is 6.62. The molecule has 0 radical (unpaired) electrons. The number of hydrogen-bond donors (Lipinski definition) is 1. The molecule has 0 unspecified atom stereocenters. The van der Waals surface area contributed by atoms with Gasteiger partial charge in [-0.1, -0.05) is 17.7 Å². The van der Waals surface area contributed by atoms with Gasteiger partial charge in [0.15, 0.2) is 0 Å². The van der Waals surface area contributed by atoms with E-state index in [1.807, 2.05) is 46.8 Å². The third kappa shape index (κ3) is 4.26. The molecule has 23 heavy (non-hydrogen) atoms. The maximum Gasteiger partial charge on any atom is 0.262 e. The molecule has 5 heteroatoms. The van der Waals surface area contributed by atoms with Crippen molar-refractivity contribution in [3.63, 3.8) is 0 Å². The summed E-state index contributed by atoms with van der Waals surface area (Å²) in [5.41, 5.74) is 3.05. The fourth-order valence-electron chi connectivity index (χ4n) is 2.67. The van der Waals surface area contributed by atoms with Crippen molar-refractivity contribution in [2.45, 2.75) is 45.6 Å².